The first-order valence-corrected chi connectivity index (χ1v) is 13.1. The molecule has 0 aliphatic heterocycles. The molecule has 3 aliphatic carbocycles. The molecule has 34 heavy (non-hydrogen) atoms. The van der Waals surface area contributed by atoms with Gasteiger partial charge < -0.3 is 14.6 Å². The van der Waals surface area contributed by atoms with Crippen molar-refractivity contribution in [1.29, 1.82) is 0 Å². The normalized spacial score (nSPS) is 31.8. The highest BCUT2D eigenvalue weighted by atomic mass is 16.5. The predicted molar refractivity (Wildman–Crippen MR) is 133 cm³/mol. The minimum absolute atomic E-state index is 0.00908. The van der Waals surface area contributed by atoms with Gasteiger partial charge in [-0.3, -0.25) is 4.79 Å². The Morgan fingerprint density at radius 3 is 2.74 bits per heavy atom. The molecule has 0 heterocycles. The largest absolute Gasteiger partial charge is 0.489 e. The van der Waals surface area contributed by atoms with Crippen molar-refractivity contribution in [3.63, 3.8) is 0 Å². The van der Waals surface area contributed by atoms with Crippen molar-refractivity contribution in [2.24, 2.45) is 23.2 Å². The molecule has 0 amide bonds. The van der Waals surface area contributed by atoms with E-state index in [1.165, 1.54) is 23.1 Å². The minimum Gasteiger partial charge on any atom is -0.489 e. The van der Waals surface area contributed by atoms with Gasteiger partial charge in [0, 0.05) is 18.9 Å². The van der Waals surface area contributed by atoms with E-state index in [9.17, 15) is 9.90 Å². The fourth-order valence-corrected chi connectivity index (χ4v) is 7.66. The number of fused-ring (bicyclic) bond motifs is 5. The van der Waals surface area contributed by atoms with Crippen LogP contribution in [0.4, 0.5) is 0 Å². The first-order chi connectivity index (χ1) is 16.5. The van der Waals surface area contributed by atoms with Gasteiger partial charge in [0.25, 0.3) is 0 Å². The highest BCUT2D eigenvalue weighted by Crippen LogP contribution is 2.64. The van der Waals surface area contributed by atoms with Gasteiger partial charge in [0.15, 0.2) is 0 Å². The highest BCUT2D eigenvalue weighted by Gasteiger charge is 2.59. The van der Waals surface area contributed by atoms with Gasteiger partial charge in [-0.25, -0.2) is 0 Å². The molecule has 0 spiro atoms. The van der Waals surface area contributed by atoms with Gasteiger partial charge in [-0.05, 0) is 97.4 Å². The Labute approximate surface area is 203 Å². The maximum absolute atomic E-state index is 11.9. The monoisotopic (exact) mass is 462 g/mol. The van der Waals surface area contributed by atoms with Gasteiger partial charge in [0.1, 0.15) is 18.5 Å². The quantitative estimate of drug-likeness (QED) is 0.509. The number of aliphatic hydroxyl groups is 1. The average molecular weight is 463 g/mol. The van der Waals surface area contributed by atoms with E-state index in [2.05, 4.69) is 37.3 Å². The van der Waals surface area contributed by atoms with Crippen LogP contribution in [0.3, 0.4) is 0 Å². The molecular weight excluding hydrogens is 424 g/mol. The zero-order valence-corrected chi connectivity index (χ0v) is 20.5. The second-order valence-electron chi connectivity index (χ2n) is 11.0. The lowest BCUT2D eigenvalue weighted by atomic mass is 9.53. The molecule has 0 unspecified atom stereocenters. The zero-order valence-electron chi connectivity index (χ0n) is 20.5. The van der Waals surface area contributed by atoms with Crippen molar-refractivity contribution in [3.8, 4) is 5.75 Å². The van der Waals surface area contributed by atoms with Crippen LogP contribution in [0.1, 0.15) is 75.0 Å². The topological polar surface area (TPSA) is 55.8 Å². The van der Waals surface area contributed by atoms with Crippen molar-refractivity contribution < 1.29 is 19.4 Å². The van der Waals surface area contributed by atoms with Crippen molar-refractivity contribution >= 4 is 5.97 Å². The Bertz CT molecular complexity index is 1000. The Morgan fingerprint density at radius 1 is 1.15 bits per heavy atom. The van der Waals surface area contributed by atoms with Crippen LogP contribution in [0.2, 0.25) is 0 Å². The summed E-state index contributed by atoms with van der Waals surface area (Å²) in [5, 5.41) is 9.51. The molecule has 0 radical (unpaired) electrons. The predicted octanol–water partition coefficient (Wildman–Crippen LogP) is 6.05. The third-order valence-corrected chi connectivity index (χ3v) is 9.04. The molecule has 6 atom stereocenters. The Hall–Kier alpha value is -2.33. The fourth-order valence-electron chi connectivity index (χ4n) is 7.66. The smallest absolute Gasteiger partial charge is 0.302 e. The van der Waals surface area contributed by atoms with E-state index >= 15 is 0 Å². The van der Waals surface area contributed by atoms with Crippen LogP contribution in [-0.4, -0.2) is 23.8 Å². The molecule has 2 aromatic rings. The van der Waals surface area contributed by atoms with Gasteiger partial charge in [0.05, 0.1) is 0 Å². The molecule has 2 fully saturated rings. The lowest BCUT2D eigenvalue weighted by Gasteiger charge is -2.51. The molecule has 182 valence electrons. The first kappa shape index (κ1) is 23.4. The van der Waals surface area contributed by atoms with Gasteiger partial charge in [-0.1, -0.05) is 43.3 Å². The van der Waals surface area contributed by atoms with Gasteiger partial charge in [-0.15, -0.1) is 0 Å². The summed E-state index contributed by atoms with van der Waals surface area (Å²) in [7, 11) is 0. The number of aliphatic hydroxyl groups excluding tert-OH is 1. The summed E-state index contributed by atoms with van der Waals surface area (Å²) in [5.41, 5.74) is 4.17. The number of hydrogen-bond acceptors (Lipinski definition) is 4. The summed E-state index contributed by atoms with van der Waals surface area (Å²) in [6.07, 6.45) is 7.33. The zero-order chi connectivity index (χ0) is 23.7. The summed E-state index contributed by atoms with van der Waals surface area (Å²) in [4.78, 5) is 11.9. The van der Waals surface area contributed by atoms with E-state index in [-0.39, 0.29) is 24.1 Å². The average Bonchev–Trinajstić information content (AvgIpc) is 3.12. The molecule has 2 aromatic carbocycles. The maximum atomic E-state index is 11.9. The second kappa shape index (κ2) is 9.73. The lowest BCUT2D eigenvalue weighted by Crippen LogP contribution is -2.46. The van der Waals surface area contributed by atoms with Crippen LogP contribution >= 0.6 is 0 Å². The number of ether oxygens (including phenoxy) is 2. The number of carbonyl (C=O) groups is 1. The van der Waals surface area contributed by atoms with Crippen molar-refractivity contribution in [2.45, 2.75) is 77.4 Å². The van der Waals surface area contributed by atoms with Crippen LogP contribution in [0.15, 0.2) is 48.5 Å². The van der Waals surface area contributed by atoms with E-state index < -0.39 is 0 Å². The van der Waals surface area contributed by atoms with Crippen molar-refractivity contribution in [3.05, 3.63) is 65.2 Å². The van der Waals surface area contributed by atoms with Crippen LogP contribution < -0.4 is 4.74 Å². The Kier molecular flexibility index (Phi) is 6.70. The lowest BCUT2D eigenvalue weighted by molar-refractivity contribution is -0.154. The van der Waals surface area contributed by atoms with Gasteiger partial charge in [-0.2, -0.15) is 0 Å². The number of aryl methyl sites for hydroxylation is 1. The first-order valence-electron chi connectivity index (χ1n) is 13.1. The molecular formula is C30H38O4. The summed E-state index contributed by atoms with van der Waals surface area (Å²) in [6, 6.07) is 17.0. The summed E-state index contributed by atoms with van der Waals surface area (Å²) in [6.45, 7) is 4.74. The standard InChI is InChI=1S/C30H38O4/c1-20(32)34-28-18-23(9-6-16-31)29-27-12-10-22-17-24(33-19-21-7-4-3-5-8-21)11-13-25(22)26(27)14-15-30(28,29)2/h3-5,7-8,11,13,17,23,26-29,31H,6,9-10,12,14-16,18-19H2,1-2H3/t23-,26+,27+,28-,29-,30+/m0/s1. The maximum Gasteiger partial charge on any atom is 0.302 e. The molecule has 4 nitrogen and oxygen atoms in total. The van der Waals surface area contributed by atoms with Crippen LogP contribution in [-0.2, 0) is 22.6 Å². The van der Waals surface area contributed by atoms with E-state index in [4.69, 9.17) is 9.47 Å². The van der Waals surface area contributed by atoms with E-state index in [0.29, 0.717) is 30.3 Å². The number of rotatable bonds is 7. The van der Waals surface area contributed by atoms with E-state index in [0.717, 1.165) is 44.3 Å². The summed E-state index contributed by atoms with van der Waals surface area (Å²) < 4.78 is 12.0. The fraction of sp³-hybridized carbons (Fsp3) is 0.567. The molecule has 3 aliphatic rings. The van der Waals surface area contributed by atoms with Crippen molar-refractivity contribution in [2.75, 3.05) is 6.61 Å². The van der Waals surface area contributed by atoms with E-state index in [1.807, 2.05) is 18.2 Å². The van der Waals surface area contributed by atoms with Crippen LogP contribution in [0, 0.1) is 23.2 Å². The molecule has 2 saturated carbocycles. The Balaban J connectivity index is 1.36. The van der Waals surface area contributed by atoms with Gasteiger partial charge >= 0.3 is 5.97 Å². The number of carbonyl (C=O) groups excluding carboxylic acids is 1. The molecule has 5 rings (SSSR count). The molecule has 4 heteroatoms. The van der Waals surface area contributed by atoms with E-state index in [1.54, 1.807) is 6.92 Å². The number of esters is 1. The summed E-state index contributed by atoms with van der Waals surface area (Å²) in [5.74, 6) is 3.04. The number of benzene rings is 2. The molecule has 0 saturated heterocycles. The third kappa shape index (κ3) is 4.37. The van der Waals surface area contributed by atoms with Crippen molar-refractivity contribution in [1.82, 2.24) is 0 Å². The Morgan fingerprint density at radius 2 is 1.97 bits per heavy atom. The third-order valence-electron chi connectivity index (χ3n) is 9.04. The van der Waals surface area contributed by atoms with Gasteiger partial charge in [0.2, 0.25) is 0 Å². The highest BCUT2D eigenvalue weighted by molar-refractivity contribution is 5.66. The minimum atomic E-state index is -0.160. The summed E-state index contributed by atoms with van der Waals surface area (Å²) >= 11 is 0. The molecule has 0 aromatic heterocycles. The SMILES string of the molecule is CC(=O)O[C@H]1C[C@H](CCCO)[C@H]2[C@@H]3CCc4cc(OCc5ccccc5)ccc4[C@H]3CC[C@@]21C. The molecule has 1 N–H and O–H groups in total. The number of hydrogen-bond donors (Lipinski definition) is 1. The second-order valence-corrected chi connectivity index (χ2v) is 11.0. The van der Waals surface area contributed by atoms with Crippen LogP contribution in [0.25, 0.3) is 0 Å². The molecule has 0 bridgehead atoms. The van der Waals surface area contributed by atoms with Crippen LogP contribution in [0.5, 0.6) is 5.75 Å².